The van der Waals surface area contributed by atoms with Gasteiger partial charge in [-0.3, -0.25) is 0 Å². The molecule has 5 nitrogen and oxygen atoms in total. The van der Waals surface area contributed by atoms with Crippen LogP contribution in [0, 0.1) is 31.2 Å². The van der Waals surface area contributed by atoms with Crippen molar-refractivity contribution in [2.45, 2.75) is 26.2 Å². The summed E-state index contributed by atoms with van der Waals surface area (Å²) in [4.78, 5) is 8.99. The summed E-state index contributed by atoms with van der Waals surface area (Å²) in [5, 5.41) is 6.25. The Bertz CT molecular complexity index is 2120. The average molecular weight is 831 g/mol. The fourth-order valence-corrected chi connectivity index (χ4v) is 6.70. The van der Waals surface area contributed by atoms with Crippen molar-refractivity contribution in [2.24, 2.45) is 0 Å². The van der Waals surface area contributed by atoms with Gasteiger partial charge in [-0.25, -0.2) is 0 Å². The van der Waals surface area contributed by atoms with Crippen molar-refractivity contribution in [1.29, 1.82) is 5.26 Å². The SMILES string of the molecule is CN1[CH-]N(c2[c-]c(N3[CH-]N(c4c(-c5ccccc5)cccc4-c4ccc(C(C)(C)C)cc4)c4ccccc43)ccc2)c2ccccc21.[C-]#N.[Pt+4]. The molecule has 248 valence electrons. The summed E-state index contributed by atoms with van der Waals surface area (Å²) in [6, 6.07) is 53.7. The zero-order valence-corrected chi connectivity index (χ0v) is 30.8. The van der Waals surface area contributed by atoms with Crippen LogP contribution in [0.5, 0.6) is 0 Å². The maximum atomic E-state index is 6.25. The molecule has 0 bridgehead atoms. The zero-order valence-electron chi connectivity index (χ0n) is 28.5. The fourth-order valence-electron chi connectivity index (χ4n) is 6.70. The van der Waals surface area contributed by atoms with Crippen LogP contribution in [0.2, 0.25) is 0 Å². The first-order valence-electron chi connectivity index (χ1n) is 16.4. The Balaban J connectivity index is 0.00000142. The number of anilines is 7. The Hall–Kier alpha value is -5.30. The smallest absolute Gasteiger partial charge is 0.512 e. The number of nitrogens with zero attached hydrogens (tertiary/aromatic N) is 5. The van der Waals surface area contributed by atoms with Gasteiger partial charge in [0.25, 0.3) is 0 Å². The van der Waals surface area contributed by atoms with Gasteiger partial charge >= 0.3 is 21.1 Å². The van der Waals surface area contributed by atoms with E-state index in [4.69, 9.17) is 11.8 Å². The van der Waals surface area contributed by atoms with Crippen molar-refractivity contribution >= 4 is 39.8 Å². The quantitative estimate of drug-likeness (QED) is 0.162. The van der Waals surface area contributed by atoms with Gasteiger partial charge in [-0.05, 0) is 53.4 Å². The summed E-state index contributed by atoms with van der Waals surface area (Å²) in [6.07, 6.45) is 0. The van der Waals surface area contributed by atoms with E-state index in [1.54, 1.807) is 0 Å². The van der Waals surface area contributed by atoms with Crippen LogP contribution in [0.1, 0.15) is 26.3 Å². The molecule has 0 spiro atoms. The number of hydrogen-bond donors (Lipinski definition) is 0. The molecule has 0 atom stereocenters. The Morgan fingerprint density at radius 1 is 0.520 bits per heavy atom. The molecule has 0 radical (unpaired) electrons. The minimum absolute atomic E-state index is 0. The first-order chi connectivity index (χ1) is 23.9. The molecule has 0 amide bonds. The van der Waals surface area contributed by atoms with Crippen LogP contribution in [0.3, 0.4) is 0 Å². The minimum atomic E-state index is 0. The third-order valence-electron chi connectivity index (χ3n) is 9.15. The van der Waals surface area contributed by atoms with E-state index in [-0.39, 0.29) is 26.5 Å². The van der Waals surface area contributed by atoms with E-state index >= 15 is 0 Å². The van der Waals surface area contributed by atoms with Gasteiger partial charge in [-0.1, -0.05) is 118 Å². The van der Waals surface area contributed by atoms with E-state index in [2.05, 4.69) is 206 Å². The summed E-state index contributed by atoms with van der Waals surface area (Å²) in [5.41, 5.74) is 13.8. The Labute approximate surface area is 310 Å². The Morgan fingerprint density at radius 2 is 0.980 bits per heavy atom. The number of fused-ring (bicyclic) bond motifs is 2. The predicted octanol–water partition coefficient (Wildman–Crippen LogP) is 11.3. The molecule has 50 heavy (non-hydrogen) atoms. The van der Waals surface area contributed by atoms with Gasteiger partial charge in [0.15, 0.2) is 0 Å². The second kappa shape index (κ2) is 14.3. The maximum absolute atomic E-state index is 6.25. The molecule has 2 aliphatic rings. The predicted molar refractivity (Wildman–Crippen MR) is 203 cm³/mol. The molecule has 2 aliphatic heterocycles. The molecule has 0 saturated heterocycles. The average Bonchev–Trinajstić information content (AvgIpc) is 3.70. The molecule has 0 aromatic heterocycles. The summed E-state index contributed by atoms with van der Waals surface area (Å²) in [6.45, 7) is 15.9. The van der Waals surface area contributed by atoms with Crippen molar-refractivity contribution in [3.05, 3.63) is 171 Å². The van der Waals surface area contributed by atoms with Crippen LogP contribution in [0.15, 0.2) is 140 Å². The van der Waals surface area contributed by atoms with Crippen molar-refractivity contribution in [1.82, 2.24) is 0 Å². The van der Waals surface area contributed by atoms with Crippen LogP contribution in [0.25, 0.3) is 22.3 Å². The zero-order chi connectivity index (χ0) is 34.1. The molecule has 6 heteroatoms. The van der Waals surface area contributed by atoms with Gasteiger partial charge in [0, 0.05) is 39.6 Å². The van der Waals surface area contributed by atoms with Gasteiger partial charge in [-0.2, -0.15) is 12.7 Å². The molecular formula is C44H37N5Pt. The van der Waals surface area contributed by atoms with E-state index in [0.717, 1.165) is 34.1 Å². The summed E-state index contributed by atoms with van der Waals surface area (Å²) in [5.74, 6) is 0. The van der Waals surface area contributed by atoms with Crippen molar-refractivity contribution in [3.63, 3.8) is 0 Å². The second-order valence-corrected chi connectivity index (χ2v) is 13.2. The summed E-state index contributed by atoms with van der Waals surface area (Å²) >= 11 is 0. The number of rotatable bonds is 5. The van der Waals surface area contributed by atoms with Crippen molar-refractivity contribution < 1.29 is 21.1 Å². The topological polar surface area (TPSA) is 36.8 Å². The summed E-state index contributed by atoms with van der Waals surface area (Å²) in [7, 11) is 2.09. The molecule has 0 N–H and O–H groups in total. The third-order valence-corrected chi connectivity index (χ3v) is 9.15. The van der Waals surface area contributed by atoms with E-state index in [9.17, 15) is 0 Å². The number of benzene rings is 6. The van der Waals surface area contributed by atoms with Crippen LogP contribution in [-0.2, 0) is 26.5 Å². The maximum Gasteiger partial charge on any atom is 4.00 e. The van der Waals surface area contributed by atoms with Crippen molar-refractivity contribution in [3.8, 4) is 22.3 Å². The largest absolute Gasteiger partial charge is 4.00 e. The van der Waals surface area contributed by atoms with Gasteiger partial charge in [-0.15, -0.1) is 36.2 Å². The molecule has 6 aromatic carbocycles. The van der Waals surface area contributed by atoms with Gasteiger partial charge in [0.1, 0.15) is 0 Å². The molecular weight excluding hydrogens is 794 g/mol. The molecule has 0 unspecified atom stereocenters. The van der Waals surface area contributed by atoms with Gasteiger partial charge in [0.05, 0.1) is 0 Å². The van der Waals surface area contributed by atoms with Gasteiger partial charge < -0.3 is 31.4 Å². The molecule has 0 fully saturated rings. The van der Waals surface area contributed by atoms with E-state index in [0.29, 0.717) is 0 Å². The monoisotopic (exact) mass is 830 g/mol. The normalized spacial score (nSPS) is 13.2. The second-order valence-electron chi connectivity index (χ2n) is 13.2. The minimum Gasteiger partial charge on any atom is -0.512 e. The van der Waals surface area contributed by atoms with Crippen LogP contribution in [-0.4, -0.2) is 7.05 Å². The molecule has 0 saturated carbocycles. The van der Waals surface area contributed by atoms with E-state index < -0.39 is 0 Å². The van der Waals surface area contributed by atoms with Crippen molar-refractivity contribution in [2.75, 3.05) is 26.6 Å². The Kier molecular flexibility index (Phi) is 9.87. The standard InChI is InChI=1S/C43H37N4.CN.Pt/c1-43(2,3)33-26-24-32(25-27-33)37-19-13-18-36(31-14-6-5-7-15-31)42(37)47-30-46(40-22-10-11-23-41(40)47)35-17-12-16-34(28-35)45-29-44(4)38-20-8-9-21-39(38)45;1-2;/h5-27,29-30H,1-4H3;;/q-3;-1;+4. The molecule has 2 heterocycles. The molecule has 6 aromatic rings. The van der Waals surface area contributed by atoms with E-state index in [1.165, 1.54) is 33.5 Å². The molecule has 0 aliphatic carbocycles. The first kappa shape index (κ1) is 34.6. The number of para-hydroxylation sites is 5. The fraction of sp³-hybridized carbons (Fsp3) is 0.114. The van der Waals surface area contributed by atoms with Gasteiger partial charge in [0.2, 0.25) is 0 Å². The van der Waals surface area contributed by atoms with Crippen LogP contribution in [0.4, 0.5) is 39.8 Å². The van der Waals surface area contributed by atoms with Crippen LogP contribution < -0.4 is 19.6 Å². The summed E-state index contributed by atoms with van der Waals surface area (Å²) < 4.78 is 0. The third kappa shape index (κ3) is 6.28. The Morgan fingerprint density at radius 3 is 1.56 bits per heavy atom. The van der Waals surface area contributed by atoms with E-state index in [1.807, 2.05) is 0 Å². The van der Waals surface area contributed by atoms with Crippen LogP contribution >= 0.6 is 0 Å². The number of hydrogen-bond acceptors (Lipinski definition) is 5. The first-order valence-corrected chi connectivity index (χ1v) is 16.4. The molecule has 8 rings (SSSR count).